The summed E-state index contributed by atoms with van der Waals surface area (Å²) in [4.78, 5) is 0. The quantitative estimate of drug-likeness (QED) is 0.851. The summed E-state index contributed by atoms with van der Waals surface area (Å²) in [6.07, 6.45) is 1.76. The number of rotatable bonds is 2. The van der Waals surface area contributed by atoms with E-state index in [1.165, 1.54) is 0 Å². The third-order valence-electron chi connectivity index (χ3n) is 3.19. The minimum absolute atomic E-state index is 0.103. The minimum Gasteiger partial charge on any atom is -0.508 e. The van der Waals surface area contributed by atoms with Crippen molar-refractivity contribution in [3.63, 3.8) is 0 Å². The molecule has 0 fully saturated rings. The molecule has 0 bridgehead atoms. The number of ether oxygens (including phenoxy) is 1. The fraction of sp³-hybridized carbons (Fsp3) is 0.200. The van der Waals surface area contributed by atoms with Crippen LogP contribution in [0, 0.1) is 0 Å². The van der Waals surface area contributed by atoms with Crippen LogP contribution in [0.4, 0.5) is 0 Å². The van der Waals surface area contributed by atoms with E-state index in [4.69, 9.17) is 4.74 Å². The molecule has 1 heterocycles. The van der Waals surface area contributed by atoms with Crippen LogP contribution in [0.1, 0.15) is 11.1 Å². The maximum Gasteiger partial charge on any atom is 0.126 e. The second kappa shape index (κ2) is 4.26. The second-order valence-corrected chi connectivity index (χ2v) is 4.61. The lowest BCUT2D eigenvalue weighted by atomic mass is 10.0. The van der Waals surface area contributed by atoms with Crippen molar-refractivity contribution in [1.82, 2.24) is 0 Å². The van der Waals surface area contributed by atoms with Crippen molar-refractivity contribution in [1.29, 1.82) is 0 Å². The molecule has 3 heteroatoms. The highest BCUT2D eigenvalue weighted by Gasteiger charge is 2.23. The van der Waals surface area contributed by atoms with Crippen molar-refractivity contribution >= 4 is 0 Å². The summed E-state index contributed by atoms with van der Waals surface area (Å²) < 4.78 is 5.80. The van der Waals surface area contributed by atoms with E-state index < -0.39 is 0 Å². The van der Waals surface area contributed by atoms with Crippen LogP contribution in [0.2, 0.25) is 0 Å². The summed E-state index contributed by atoms with van der Waals surface area (Å²) >= 11 is 0. The summed E-state index contributed by atoms with van der Waals surface area (Å²) in [6.45, 7) is 0. The number of hydrogen-bond donors (Lipinski definition) is 2. The number of aromatic hydroxyl groups is 2. The molecule has 18 heavy (non-hydrogen) atoms. The molecule has 3 rings (SSSR count). The van der Waals surface area contributed by atoms with Gasteiger partial charge in [-0.1, -0.05) is 18.2 Å². The van der Waals surface area contributed by atoms with E-state index in [0.717, 1.165) is 29.7 Å². The van der Waals surface area contributed by atoms with E-state index in [0.29, 0.717) is 0 Å². The molecule has 0 amide bonds. The summed E-state index contributed by atoms with van der Waals surface area (Å²) in [6, 6.07) is 12.4. The van der Waals surface area contributed by atoms with Gasteiger partial charge in [0, 0.05) is 18.9 Å². The Labute approximate surface area is 105 Å². The van der Waals surface area contributed by atoms with Crippen LogP contribution < -0.4 is 4.74 Å². The summed E-state index contributed by atoms with van der Waals surface area (Å²) in [5.41, 5.74) is 2.27. The molecule has 1 atom stereocenters. The number of phenols is 2. The molecule has 1 aliphatic rings. The lowest BCUT2D eigenvalue weighted by Gasteiger charge is -2.10. The molecular weight excluding hydrogens is 228 g/mol. The van der Waals surface area contributed by atoms with Crippen LogP contribution in [0.5, 0.6) is 17.2 Å². The highest BCUT2D eigenvalue weighted by atomic mass is 16.5. The van der Waals surface area contributed by atoms with Gasteiger partial charge in [0.05, 0.1) is 0 Å². The van der Waals surface area contributed by atoms with E-state index in [1.807, 2.05) is 18.2 Å². The Bertz CT molecular complexity index is 560. The lowest BCUT2D eigenvalue weighted by molar-refractivity contribution is 0.232. The van der Waals surface area contributed by atoms with Crippen LogP contribution >= 0.6 is 0 Å². The topological polar surface area (TPSA) is 49.7 Å². The predicted octanol–water partition coefficient (Wildman–Crippen LogP) is 2.64. The summed E-state index contributed by atoms with van der Waals surface area (Å²) in [7, 11) is 0. The van der Waals surface area contributed by atoms with Crippen LogP contribution in [0.3, 0.4) is 0 Å². The Morgan fingerprint density at radius 2 is 1.72 bits per heavy atom. The van der Waals surface area contributed by atoms with Crippen LogP contribution in [0.25, 0.3) is 0 Å². The first kappa shape index (κ1) is 11.0. The number of benzene rings is 2. The molecule has 92 valence electrons. The van der Waals surface area contributed by atoms with Gasteiger partial charge < -0.3 is 14.9 Å². The van der Waals surface area contributed by atoms with Crippen molar-refractivity contribution in [2.45, 2.75) is 18.9 Å². The molecule has 1 aliphatic heterocycles. The van der Waals surface area contributed by atoms with Gasteiger partial charge in [-0.2, -0.15) is 0 Å². The van der Waals surface area contributed by atoms with Gasteiger partial charge in [0.25, 0.3) is 0 Å². The van der Waals surface area contributed by atoms with E-state index >= 15 is 0 Å². The van der Waals surface area contributed by atoms with Gasteiger partial charge in [-0.3, -0.25) is 0 Å². The molecule has 1 unspecified atom stereocenters. The van der Waals surface area contributed by atoms with E-state index in [-0.39, 0.29) is 17.6 Å². The maximum atomic E-state index is 9.40. The van der Waals surface area contributed by atoms with Crippen molar-refractivity contribution in [2.24, 2.45) is 0 Å². The van der Waals surface area contributed by atoms with Crippen LogP contribution in [-0.4, -0.2) is 16.3 Å². The van der Waals surface area contributed by atoms with Crippen molar-refractivity contribution in [2.75, 3.05) is 0 Å². The zero-order valence-electron chi connectivity index (χ0n) is 9.84. The summed E-state index contributed by atoms with van der Waals surface area (Å²) in [5, 5.41) is 18.6. The molecular formula is C15H14O3. The maximum absolute atomic E-state index is 9.40. The Morgan fingerprint density at radius 3 is 2.50 bits per heavy atom. The second-order valence-electron chi connectivity index (χ2n) is 4.61. The zero-order valence-corrected chi connectivity index (χ0v) is 9.84. The Kier molecular flexibility index (Phi) is 2.59. The van der Waals surface area contributed by atoms with E-state index in [9.17, 15) is 10.2 Å². The number of fused-ring (bicyclic) bond motifs is 1. The Balaban J connectivity index is 1.72. The number of phenolic OH excluding ortho intramolecular Hbond substituents is 2. The largest absolute Gasteiger partial charge is 0.508 e. The highest BCUT2D eigenvalue weighted by molar-refractivity contribution is 5.43. The molecule has 2 aromatic rings. The third-order valence-corrected chi connectivity index (χ3v) is 3.19. The third kappa shape index (κ3) is 2.12. The van der Waals surface area contributed by atoms with Crippen molar-refractivity contribution in [3.8, 4) is 17.2 Å². The first-order chi connectivity index (χ1) is 8.70. The SMILES string of the molecule is Oc1ccc(CC2Cc3ccc(O)cc3O2)cc1. The fourth-order valence-electron chi connectivity index (χ4n) is 2.30. The Morgan fingerprint density at radius 1 is 1.00 bits per heavy atom. The van der Waals surface area contributed by atoms with Crippen LogP contribution in [0.15, 0.2) is 42.5 Å². The monoisotopic (exact) mass is 242 g/mol. The molecule has 0 saturated heterocycles. The molecule has 3 nitrogen and oxygen atoms in total. The molecule has 0 spiro atoms. The molecule has 0 saturated carbocycles. The van der Waals surface area contributed by atoms with Gasteiger partial charge in [0.2, 0.25) is 0 Å². The first-order valence-electron chi connectivity index (χ1n) is 5.97. The first-order valence-corrected chi connectivity index (χ1v) is 5.97. The standard InChI is InChI=1S/C15H14O3/c16-12-4-1-10(2-5-12)7-14-8-11-3-6-13(17)9-15(11)18-14/h1-6,9,14,16-17H,7-8H2. The average molecular weight is 242 g/mol. The molecule has 2 aromatic carbocycles. The van der Waals surface area contributed by atoms with E-state index in [1.54, 1.807) is 24.3 Å². The minimum atomic E-state index is 0.103. The average Bonchev–Trinajstić information content (AvgIpc) is 2.73. The van der Waals surface area contributed by atoms with Crippen molar-refractivity contribution in [3.05, 3.63) is 53.6 Å². The van der Waals surface area contributed by atoms with Gasteiger partial charge in [0.15, 0.2) is 0 Å². The fourth-order valence-corrected chi connectivity index (χ4v) is 2.30. The number of hydrogen-bond acceptors (Lipinski definition) is 3. The normalized spacial score (nSPS) is 17.2. The molecule has 0 aromatic heterocycles. The van der Waals surface area contributed by atoms with Gasteiger partial charge in [-0.05, 0) is 29.3 Å². The Hall–Kier alpha value is -2.16. The smallest absolute Gasteiger partial charge is 0.126 e. The summed E-state index contributed by atoms with van der Waals surface area (Å²) in [5.74, 6) is 1.29. The van der Waals surface area contributed by atoms with Crippen molar-refractivity contribution < 1.29 is 14.9 Å². The van der Waals surface area contributed by atoms with Gasteiger partial charge >= 0.3 is 0 Å². The van der Waals surface area contributed by atoms with Gasteiger partial charge in [-0.25, -0.2) is 0 Å². The molecule has 0 radical (unpaired) electrons. The molecule has 0 aliphatic carbocycles. The van der Waals surface area contributed by atoms with Gasteiger partial charge in [-0.15, -0.1) is 0 Å². The lowest BCUT2D eigenvalue weighted by Crippen LogP contribution is -2.16. The van der Waals surface area contributed by atoms with Gasteiger partial charge in [0.1, 0.15) is 23.4 Å². The zero-order chi connectivity index (χ0) is 12.5. The predicted molar refractivity (Wildman–Crippen MR) is 68.0 cm³/mol. The van der Waals surface area contributed by atoms with E-state index in [2.05, 4.69) is 0 Å². The van der Waals surface area contributed by atoms with Crippen LogP contribution in [-0.2, 0) is 12.8 Å². The highest BCUT2D eigenvalue weighted by Crippen LogP contribution is 2.33. The molecule has 2 N–H and O–H groups in total.